The van der Waals surface area contributed by atoms with Crippen molar-refractivity contribution in [1.82, 2.24) is 10.3 Å². The first-order valence-electron chi connectivity index (χ1n) is 9.92. The summed E-state index contributed by atoms with van der Waals surface area (Å²) in [6, 6.07) is 17.3. The molecule has 148 valence electrons. The van der Waals surface area contributed by atoms with Crippen LogP contribution >= 0.6 is 0 Å². The summed E-state index contributed by atoms with van der Waals surface area (Å²) in [6.45, 7) is 2.32. The molecule has 1 aliphatic carbocycles. The third kappa shape index (κ3) is 4.57. The van der Waals surface area contributed by atoms with Crippen LogP contribution in [0.15, 0.2) is 60.8 Å². The Morgan fingerprint density at radius 3 is 2.93 bits per heavy atom. The SMILES string of the molecule is Cc1ccc(OCc2cccc(C(=O)NC3CCCc4cc(N)ccc43)c2)cn1. The number of nitrogens with zero attached hydrogens (tertiary/aromatic N) is 1. The molecule has 1 amide bonds. The van der Waals surface area contributed by atoms with Crippen LogP contribution in [0.25, 0.3) is 0 Å². The Labute approximate surface area is 170 Å². The fourth-order valence-corrected chi connectivity index (χ4v) is 3.73. The van der Waals surface area contributed by atoms with Gasteiger partial charge in [0, 0.05) is 16.9 Å². The van der Waals surface area contributed by atoms with Gasteiger partial charge in [0.05, 0.1) is 12.2 Å². The molecule has 1 unspecified atom stereocenters. The minimum absolute atomic E-state index is 0.0189. The molecular weight excluding hydrogens is 362 g/mol. The maximum absolute atomic E-state index is 12.9. The number of ether oxygens (including phenoxy) is 1. The zero-order chi connectivity index (χ0) is 20.2. The minimum Gasteiger partial charge on any atom is -0.487 e. The first-order chi connectivity index (χ1) is 14.1. The number of aryl methyl sites for hydroxylation is 2. The lowest BCUT2D eigenvalue weighted by Gasteiger charge is -2.26. The number of nitrogens with two attached hydrogens (primary N) is 1. The number of hydrogen-bond acceptors (Lipinski definition) is 4. The minimum atomic E-state index is -0.0708. The number of hydrogen-bond donors (Lipinski definition) is 2. The van der Waals surface area contributed by atoms with Crippen molar-refractivity contribution in [3.63, 3.8) is 0 Å². The number of carbonyl (C=O) groups is 1. The topological polar surface area (TPSA) is 77.2 Å². The van der Waals surface area contributed by atoms with E-state index in [1.807, 2.05) is 61.5 Å². The number of fused-ring (bicyclic) bond motifs is 1. The van der Waals surface area contributed by atoms with E-state index >= 15 is 0 Å². The van der Waals surface area contributed by atoms with Crippen LogP contribution < -0.4 is 15.8 Å². The van der Waals surface area contributed by atoms with Crippen LogP contribution in [0.4, 0.5) is 5.69 Å². The molecule has 0 fully saturated rings. The first-order valence-corrected chi connectivity index (χ1v) is 9.92. The van der Waals surface area contributed by atoms with Gasteiger partial charge in [-0.05, 0) is 79.3 Å². The van der Waals surface area contributed by atoms with Crippen molar-refractivity contribution in [3.8, 4) is 5.75 Å². The van der Waals surface area contributed by atoms with Crippen molar-refractivity contribution in [1.29, 1.82) is 0 Å². The van der Waals surface area contributed by atoms with E-state index in [0.717, 1.165) is 36.2 Å². The van der Waals surface area contributed by atoms with Gasteiger partial charge >= 0.3 is 0 Å². The van der Waals surface area contributed by atoms with Gasteiger partial charge in [-0.1, -0.05) is 18.2 Å². The van der Waals surface area contributed by atoms with Crippen LogP contribution in [0.2, 0.25) is 0 Å². The average Bonchev–Trinajstić information content (AvgIpc) is 2.73. The molecule has 1 atom stereocenters. The Bertz CT molecular complexity index is 1010. The van der Waals surface area contributed by atoms with Crippen LogP contribution in [-0.2, 0) is 13.0 Å². The van der Waals surface area contributed by atoms with E-state index in [-0.39, 0.29) is 11.9 Å². The second-order valence-corrected chi connectivity index (χ2v) is 7.50. The summed E-state index contributed by atoms with van der Waals surface area (Å²) in [7, 11) is 0. The van der Waals surface area contributed by atoms with Crippen molar-refractivity contribution in [2.45, 2.75) is 38.8 Å². The summed E-state index contributed by atoms with van der Waals surface area (Å²) in [5.74, 6) is 0.641. The molecule has 1 aromatic heterocycles. The quantitative estimate of drug-likeness (QED) is 0.638. The maximum Gasteiger partial charge on any atom is 0.251 e. The van der Waals surface area contributed by atoms with Crippen LogP contribution in [0.5, 0.6) is 5.75 Å². The molecule has 29 heavy (non-hydrogen) atoms. The van der Waals surface area contributed by atoms with Crippen LogP contribution in [-0.4, -0.2) is 10.9 Å². The molecule has 3 aromatic rings. The highest BCUT2D eigenvalue weighted by molar-refractivity contribution is 5.94. The molecule has 0 saturated carbocycles. The Morgan fingerprint density at radius 1 is 1.21 bits per heavy atom. The average molecular weight is 387 g/mol. The van der Waals surface area contributed by atoms with Gasteiger partial charge in [0.25, 0.3) is 5.91 Å². The monoisotopic (exact) mass is 387 g/mol. The van der Waals surface area contributed by atoms with E-state index in [9.17, 15) is 4.79 Å². The van der Waals surface area contributed by atoms with Gasteiger partial charge in [-0.25, -0.2) is 0 Å². The highest BCUT2D eigenvalue weighted by Gasteiger charge is 2.22. The van der Waals surface area contributed by atoms with Gasteiger partial charge in [-0.2, -0.15) is 0 Å². The molecule has 4 rings (SSSR count). The Morgan fingerprint density at radius 2 is 2.10 bits per heavy atom. The lowest BCUT2D eigenvalue weighted by atomic mass is 9.87. The Kier molecular flexibility index (Phi) is 5.47. The summed E-state index contributed by atoms with van der Waals surface area (Å²) in [4.78, 5) is 17.1. The Balaban J connectivity index is 1.43. The summed E-state index contributed by atoms with van der Waals surface area (Å²) in [6.07, 6.45) is 4.69. The molecule has 0 bridgehead atoms. The fourth-order valence-electron chi connectivity index (χ4n) is 3.73. The predicted molar refractivity (Wildman–Crippen MR) is 114 cm³/mol. The smallest absolute Gasteiger partial charge is 0.251 e. The highest BCUT2D eigenvalue weighted by Crippen LogP contribution is 2.31. The van der Waals surface area contributed by atoms with Crippen LogP contribution in [0.3, 0.4) is 0 Å². The third-order valence-electron chi connectivity index (χ3n) is 5.27. The lowest BCUT2D eigenvalue weighted by molar-refractivity contribution is 0.0932. The summed E-state index contributed by atoms with van der Waals surface area (Å²) >= 11 is 0. The number of nitrogen functional groups attached to an aromatic ring is 1. The summed E-state index contributed by atoms with van der Waals surface area (Å²) in [5.41, 5.74) is 11.6. The van der Waals surface area contributed by atoms with Crippen molar-refractivity contribution in [2.75, 3.05) is 5.73 Å². The number of pyridine rings is 1. The van der Waals surface area contributed by atoms with Crippen molar-refractivity contribution in [3.05, 3.63) is 88.7 Å². The molecule has 0 spiro atoms. The van der Waals surface area contributed by atoms with E-state index in [4.69, 9.17) is 10.5 Å². The predicted octanol–water partition coefficient (Wildman–Crippen LogP) is 4.36. The van der Waals surface area contributed by atoms with Crippen LogP contribution in [0.1, 0.15) is 51.6 Å². The standard InChI is InChI=1S/C24H25N3O2/c1-16-8-10-21(14-26-16)29-15-17-4-2-6-19(12-17)24(28)27-23-7-3-5-18-13-20(25)9-11-22(18)23/h2,4,6,8-14,23H,3,5,7,15,25H2,1H3,(H,27,28). The molecule has 0 saturated heterocycles. The zero-order valence-corrected chi connectivity index (χ0v) is 16.5. The number of anilines is 1. The normalized spacial score (nSPS) is 15.4. The molecule has 1 heterocycles. The third-order valence-corrected chi connectivity index (χ3v) is 5.27. The van der Waals surface area contributed by atoms with Crippen LogP contribution in [0, 0.1) is 6.92 Å². The molecule has 2 aromatic carbocycles. The summed E-state index contributed by atoms with van der Waals surface area (Å²) < 4.78 is 5.78. The van der Waals surface area contributed by atoms with Crippen molar-refractivity contribution < 1.29 is 9.53 Å². The van der Waals surface area contributed by atoms with Gasteiger partial charge in [-0.15, -0.1) is 0 Å². The Hall–Kier alpha value is -3.34. The molecule has 1 aliphatic rings. The largest absolute Gasteiger partial charge is 0.487 e. The molecule has 0 aliphatic heterocycles. The van der Waals surface area contributed by atoms with Gasteiger partial charge in [-0.3, -0.25) is 9.78 Å². The number of aromatic nitrogens is 1. The van der Waals surface area contributed by atoms with Gasteiger partial charge < -0.3 is 15.8 Å². The van der Waals surface area contributed by atoms with E-state index in [0.29, 0.717) is 17.9 Å². The summed E-state index contributed by atoms with van der Waals surface area (Å²) in [5, 5.41) is 3.19. The maximum atomic E-state index is 12.9. The zero-order valence-electron chi connectivity index (χ0n) is 16.5. The molecular formula is C24H25N3O2. The second kappa shape index (κ2) is 8.35. The van der Waals surface area contributed by atoms with Crippen molar-refractivity contribution in [2.24, 2.45) is 0 Å². The molecule has 3 N–H and O–H groups in total. The molecule has 5 heteroatoms. The van der Waals surface area contributed by atoms with Gasteiger partial charge in [0.15, 0.2) is 0 Å². The van der Waals surface area contributed by atoms with E-state index in [1.54, 1.807) is 6.20 Å². The van der Waals surface area contributed by atoms with Crippen molar-refractivity contribution >= 4 is 11.6 Å². The van der Waals surface area contributed by atoms with Gasteiger partial charge in [0.1, 0.15) is 12.4 Å². The first kappa shape index (κ1) is 19.0. The van der Waals surface area contributed by atoms with E-state index in [2.05, 4.69) is 10.3 Å². The van der Waals surface area contributed by atoms with E-state index < -0.39 is 0 Å². The molecule has 5 nitrogen and oxygen atoms in total. The number of nitrogens with one attached hydrogen (secondary N) is 1. The number of amides is 1. The highest BCUT2D eigenvalue weighted by atomic mass is 16.5. The molecule has 0 radical (unpaired) electrons. The number of carbonyl (C=O) groups excluding carboxylic acids is 1. The van der Waals surface area contributed by atoms with E-state index in [1.165, 1.54) is 11.1 Å². The second-order valence-electron chi connectivity index (χ2n) is 7.50. The number of rotatable bonds is 5. The fraction of sp³-hybridized carbons (Fsp3) is 0.250. The number of benzene rings is 2. The van der Waals surface area contributed by atoms with Gasteiger partial charge in [0.2, 0.25) is 0 Å². The lowest BCUT2D eigenvalue weighted by Crippen LogP contribution is -2.31.